The predicted octanol–water partition coefficient (Wildman–Crippen LogP) is 3.26. The molecule has 2 N–H and O–H groups in total. The summed E-state index contributed by atoms with van der Waals surface area (Å²) < 4.78 is 20.8. The van der Waals surface area contributed by atoms with Crippen molar-refractivity contribution < 1.29 is 13.9 Å². The van der Waals surface area contributed by atoms with Gasteiger partial charge >= 0.3 is 5.97 Å². The van der Waals surface area contributed by atoms with Crippen molar-refractivity contribution in [2.75, 3.05) is 0 Å². The Kier molecular flexibility index (Phi) is 4.15. The summed E-state index contributed by atoms with van der Waals surface area (Å²) in [5, 5.41) is 9.64. The Balaban J connectivity index is 2.01. The van der Waals surface area contributed by atoms with Crippen molar-refractivity contribution >= 4 is 11.5 Å². The molecule has 0 spiro atoms. The molecule has 124 valence electrons. The highest BCUT2D eigenvalue weighted by atomic mass is 19.1. The Morgan fingerprint density at radius 2 is 2.04 bits per heavy atom. The topological polar surface area (TPSA) is 76.1 Å². The second-order valence-electron chi connectivity index (χ2n) is 6.32. The summed E-state index contributed by atoms with van der Waals surface area (Å²) in [6.45, 7) is 1.73. The molecule has 4 nitrogen and oxygen atoms in total. The molecular weight excluding hydrogens is 307 g/mol. The lowest BCUT2D eigenvalue weighted by Gasteiger charge is -2.37. The molecule has 5 heteroatoms. The lowest BCUT2D eigenvalue weighted by atomic mass is 9.79. The van der Waals surface area contributed by atoms with Crippen molar-refractivity contribution in [1.29, 1.82) is 5.26 Å². The van der Waals surface area contributed by atoms with Crippen LogP contribution in [0.1, 0.15) is 31.7 Å². The van der Waals surface area contributed by atoms with E-state index in [0.29, 0.717) is 29.6 Å². The Hall–Kier alpha value is -2.61. The predicted molar refractivity (Wildman–Crippen MR) is 88.0 cm³/mol. The van der Waals surface area contributed by atoms with Crippen LogP contribution in [0.25, 0.3) is 5.57 Å². The van der Waals surface area contributed by atoms with E-state index in [4.69, 9.17) is 10.5 Å². The molecule has 0 saturated heterocycles. The second-order valence-corrected chi connectivity index (χ2v) is 6.32. The first kappa shape index (κ1) is 16.3. The summed E-state index contributed by atoms with van der Waals surface area (Å²) in [6.07, 6.45) is 2.05. The first-order valence-electron chi connectivity index (χ1n) is 8.01. The summed E-state index contributed by atoms with van der Waals surface area (Å²) in [4.78, 5) is 12.2. The van der Waals surface area contributed by atoms with Crippen LogP contribution in [0.15, 0.2) is 47.7 Å². The Bertz CT molecular complexity index is 759. The largest absolute Gasteiger partial charge is 0.434 e. The van der Waals surface area contributed by atoms with Crippen LogP contribution < -0.4 is 5.73 Å². The molecule has 1 aromatic rings. The van der Waals surface area contributed by atoms with E-state index in [0.717, 1.165) is 6.42 Å². The Morgan fingerprint density at radius 3 is 2.58 bits per heavy atom. The number of nitrogens with zero attached hydrogens (tertiary/aromatic N) is 1. The normalized spacial score (nSPS) is 27.0. The number of allylic oxidation sites excluding steroid dienone is 2. The molecule has 0 amide bonds. The molecule has 0 radical (unpaired) electrons. The number of esters is 1. The second kappa shape index (κ2) is 6.12. The highest BCUT2D eigenvalue weighted by molar-refractivity contribution is 5.81. The van der Waals surface area contributed by atoms with Crippen molar-refractivity contribution in [3.05, 3.63) is 53.2 Å². The van der Waals surface area contributed by atoms with E-state index in [1.165, 1.54) is 6.08 Å². The molecule has 0 aromatic heterocycles. The summed E-state index contributed by atoms with van der Waals surface area (Å²) in [5.74, 6) is -0.809. The van der Waals surface area contributed by atoms with Gasteiger partial charge in [-0.25, -0.2) is 4.39 Å². The standard InChI is InChI=1S/C19H19FN2O2/c1-12-10-15(22)19(11-21,24-18(23)14-8-5-9-14)17(20)16(12)13-6-3-2-4-7-13/h2-4,6-7,10,14,17H,5,8-9,22H2,1H3. The number of carbonyl (C=O) groups is 1. The van der Waals surface area contributed by atoms with Crippen LogP contribution >= 0.6 is 0 Å². The molecular formula is C19H19FN2O2. The fourth-order valence-corrected chi connectivity index (χ4v) is 3.10. The van der Waals surface area contributed by atoms with Crippen molar-refractivity contribution in [3.8, 4) is 6.07 Å². The number of benzene rings is 1. The lowest BCUT2D eigenvalue weighted by molar-refractivity contribution is -0.163. The number of rotatable bonds is 3. The summed E-state index contributed by atoms with van der Waals surface area (Å²) in [6, 6.07) is 10.8. The zero-order valence-electron chi connectivity index (χ0n) is 13.5. The van der Waals surface area contributed by atoms with Crippen LogP contribution in [0, 0.1) is 17.2 Å². The highest BCUT2D eigenvalue weighted by Crippen LogP contribution is 2.42. The Morgan fingerprint density at radius 1 is 1.38 bits per heavy atom. The minimum Gasteiger partial charge on any atom is -0.434 e. The van der Waals surface area contributed by atoms with Gasteiger partial charge in [-0.3, -0.25) is 4.79 Å². The van der Waals surface area contributed by atoms with Crippen LogP contribution in [0.5, 0.6) is 0 Å². The quantitative estimate of drug-likeness (QED) is 0.865. The number of carbonyl (C=O) groups excluding carboxylic acids is 1. The molecule has 24 heavy (non-hydrogen) atoms. The smallest absolute Gasteiger partial charge is 0.310 e. The SMILES string of the molecule is CC1=C(c2ccccc2)C(F)C(C#N)(OC(=O)C2CCC2)C(N)=C1. The van der Waals surface area contributed by atoms with Gasteiger partial charge in [0.2, 0.25) is 0 Å². The van der Waals surface area contributed by atoms with Gasteiger partial charge in [-0.1, -0.05) is 36.8 Å². The molecule has 1 saturated carbocycles. The van der Waals surface area contributed by atoms with Crippen molar-refractivity contribution in [2.45, 2.75) is 38.0 Å². The van der Waals surface area contributed by atoms with E-state index in [1.54, 1.807) is 31.2 Å². The molecule has 3 rings (SSSR count). The first-order valence-corrected chi connectivity index (χ1v) is 8.01. The number of hydrogen-bond acceptors (Lipinski definition) is 4. The lowest BCUT2D eigenvalue weighted by Crippen LogP contribution is -2.51. The molecule has 2 aliphatic rings. The van der Waals surface area contributed by atoms with Gasteiger partial charge < -0.3 is 10.5 Å². The van der Waals surface area contributed by atoms with Crippen molar-refractivity contribution in [2.24, 2.45) is 11.7 Å². The van der Waals surface area contributed by atoms with Crippen LogP contribution in [0.4, 0.5) is 4.39 Å². The molecule has 2 unspecified atom stereocenters. The zero-order chi connectivity index (χ0) is 17.3. The third-order valence-corrected chi connectivity index (χ3v) is 4.79. The van der Waals surface area contributed by atoms with Gasteiger partial charge in [-0.2, -0.15) is 5.26 Å². The summed E-state index contributed by atoms with van der Waals surface area (Å²) in [5.41, 5.74) is 5.37. The highest BCUT2D eigenvalue weighted by Gasteiger charge is 2.52. The number of halogens is 1. The minimum absolute atomic E-state index is 0.0673. The average molecular weight is 326 g/mol. The average Bonchev–Trinajstić information content (AvgIpc) is 2.50. The number of nitriles is 1. The number of nitrogens with two attached hydrogens (primary N) is 1. The van der Waals surface area contributed by atoms with Gasteiger partial charge in [-0.15, -0.1) is 0 Å². The van der Waals surface area contributed by atoms with Crippen molar-refractivity contribution in [1.82, 2.24) is 0 Å². The molecule has 0 aliphatic heterocycles. The fraction of sp³-hybridized carbons (Fsp3) is 0.368. The third kappa shape index (κ3) is 2.48. The number of alkyl halides is 1. The molecule has 0 heterocycles. The van der Waals surface area contributed by atoms with Gasteiger partial charge in [0.1, 0.15) is 6.07 Å². The van der Waals surface area contributed by atoms with Crippen LogP contribution in [-0.2, 0) is 9.53 Å². The van der Waals surface area contributed by atoms with Gasteiger partial charge in [0.25, 0.3) is 5.60 Å². The minimum atomic E-state index is -2.10. The van der Waals surface area contributed by atoms with Crippen LogP contribution in [0.3, 0.4) is 0 Å². The van der Waals surface area contributed by atoms with Crippen LogP contribution in [0.2, 0.25) is 0 Å². The maximum absolute atomic E-state index is 15.4. The van der Waals surface area contributed by atoms with E-state index >= 15 is 4.39 Å². The molecule has 2 atom stereocenters. The van der Waals surface area contributed by atoms with E-state index in [1.807, 2.05) is 12.1 Å². The van der Waals surface area contributed by atoms with Crippen molar-refractivity contribution in [3.63, 3.8) is 0 Å². The fourth-order valence-electron chi connectivity index (χ4n) is 3.10. The van der Waals surface area contributed by atoms with Gasteiger partial charge in [0.15, 0.2) is 6.17 Å². The third-order valence-electron chi connectivity index (χ3n) is 4.79. The monoisotopic (exact) mass is 326 g/mol. The molecule has 1 aromatic carbocycles. The summed E-state index contributed by atoms with van der Waals surface area (Å²) >= 11 is 0. The number of ether oxygens (including phenoxy) is 1. The molecule has 1 fully saturated rings. The van der Waals surface area contributed by atoms with E-state index < -0.39 is 17.7 Å². The Labute approximate surface area is 140 Å². The maximum Gasteiger partial charge on any atom is 0.310 e. The molecule has 2 aliphatic carbocycles. The van der Waals surface area contributed by atoms with Crippen LogP contribution in [-0.4, -0.2) is 17.7 Å². The van der Waals surface area contributed by atoms with E-state index in [9.17, 15) is 10.1 Å². The van der Waals surface area contributed by atoms with E-state index in [-0.39, 0.29) is 11.6 Å². The summed E-state index contributed by atoms with van der Waals surface area (Å²) in [7, 11) is 0. The van der Waals surface area contributed by atoms with Gasteiger partial charge in [0.05, 0.1) is 11.6 Å². The number of hydrogen-bond donors (Lipinski definition) is 1. The van der Waals surface area contributed by atoms with Gasteiger partial charge in [-0.05, 0) is 37.0 Å². The first-order chi connectivity index (χ1) is 11.5. The maximum atomic E-state index is 15.4. The van der Waals surface area contributed by atoms with Gasteiger partial charge in [0, 0.05) is 5.57 Å². The zero-order valence-corrected chi connectivity index (χ0v) is 13.5. The van der Waals surface area contributed by atoms with E-state index in [2.05, 4.69) is 0 Å². The molecule has 0 bridgehead atoms.